The second-order valence-corrected chi connectivity index (χ2v) is 5.06. The van der Waals surface area contributed by atoms with Crippen molar-refractivity contribution in [1.82, 2.24) is 0 Å². The summed E-state index contributed by atoms with van der Waals surface area (Å²) in [5.41, 5.74) is 0. The highest BCUT2D eigenvalue weighted by Crippen LogP contribution is 2.26. The average molecular weight is 257 g/mol. The number of carbonyl (C=O) groups excluding carboxylic acids is 1. The minimum absolute atomic E-state index is 0.417. The average Bonchev–Trinajstić information content (AvgIpc) is 2.17. The van der Waals surface area contributed by atoms with E-state index in [1.54, 1.807) is 0 Å². The zero-order valence-electron chi connectivity index (χ0n) is 8.32. The van der Waals surface area contributed by atoms with Crippen molar-refractivity contribution in [3.8, 4) is 0 Å². The summed E-state index contributed by atoms with van der Waals surface area (Å²) in [4.78, 5) is 10.8. The Balaban J connectivity index is 2.64. The molecule has 0 N–H and O–H groups in total. The standard InChI is InChI=1S/C8H12F2O5S/c9-8(10,16(12,13)14)7(11)15-6-4-2-1-3-5-6/h6H,1-5H2,(H,12,13,14)/p-1. The van der Waals surface area contributed by atoms with E-state index in [4.69, 9.17) is 0 Å². The van der Waals surface area contributed by atoms with E-state index < -0.39 is 27.4 Å². The van der Waals surface area contributed by atoms with Crippen LogP contribution in [0.3, 0.4) is 0 Å². The van der Waals surface area contributed by atoms with Crippen molar-refractivity contribution < 1.29 is 31.3 Å². The fourth-order valence-electron chi connectivity index (χ4n) is 1.51. The molecule has 94 valence electrons. The van der Waals surface area contributed by atoms with Crippen molar-refractivity contribution in [2.45, 2.75) is 43.5 Å². The summed E-state index contributed by atoms with van der Waals surface area (Å²) in [7, 11) is -6.01. The van der Waals surface area contributed by atoms with E-state index in [9.17, 15) is 26.5 Å². The van der Waals surface area contributed by atoms with Gasteiger partial charge in [0.05, 0.1) is 0 Å². The van der Waals surface area contributed by atoms with Crippen LogP contribution in [-0.4, -0.2) is 30.3 Å². The Kier molecular flexibility index (Phi) is 3.84. The van der Waals surface area contributed by atoms with Crippen molar-refractivity contribution in [1.29, 1.82) is 0 Å². The summed E-state index contributed by atoms with van der Waals surface area (Å²) < 4.78 is 60.1. The summed E-state index contributed by atoms with van der Waals surface area (Å²) in [5, 5.41) is -5.00. The fourth-order valence-corrected chi connectivity index (χ4v) is 1.76. The molecular formula is C8H11F2O5S-. The molecule has 0 atom stereocenters. The van der Waals surface area contributed by atoms with Gasteiger partial charge in [0.1, 0.15) is 6.10 Å². The van der Waals surface area contributed by atoms with Crippen LogP contribution in [0, 0.1) is 0 Å². The number of rotatable bonds is 3. The number of hydrogen-bond acceptors (Lipinski definition) is 5. The SMILES string of the molecule is O=C(OC1CCCCC1)C(F)(F)S(=O)(=O)[O-]. The molecule has 0 amide bonds. The van der Waals surface area contributed by atoms with E-state index in [0.717, 1.165) is 19.3 Å². The van der Waals surface area contributed by atoms with E-state index in [1.165, 1.54) is 0 Å². The lowest BCUT2D eigenvalue weighted by molar-refractivity contribution is -0.168. The number of carbonyl (C=O) groups is 1. The monoisotopic (exact) mass is 257 g/mol. The molecule has 1 aliphatic rings. The maximum atomic E-state index is 12.7. The number of esters is 1. The van der Waals surface area contributed by atoms with Crippen molar-refractivity contribution in [3.63, 3.8) is 0 Å². The van der Waals surface area contributed by atoms with Crippen LogP contribution in [0.2, 0.25) is 0 Å². The topological polar surface area (TPSA) is 83.5 Å². The Morgan fingerprint density at radius 1 is 1.25 bits per heavy atom. The highest BCUT2D eigenvalue weighted by molar-refractivity contribution is 7.87. The minimum Gasteiger partial charge on any atom is -0.743 e. The Labute approximate surface area is 91.5 Å². The molecular weight excluding hydrogens is 246 g/mol. The first-order valence-electron chi connectivity index (χ1n) is 4.79. The van der Waals surface area contributed by atoms with Crippen molar-refractivity contribution in [3.05, 3.63) is 0 Å². The summed E-state index contributed by atoms with van der Waals surface area (Å²) in [6.07, 6.45) is 2.50. The second kappa shape index (κ2) is 4.62. The van der Waals surface area contributed by atoms with Crippen LogP contribution in [0.25, 0.3) is 0 Å². The third-order valence-corrected chi connectivity index (χ3v) is 3.17. The number of alkyl halides is 2. The normalized spacial score (nSPS) is 19.4. The lowest BCUT2D eigenvalue weighted by atomic mass is 9.98. The van der Waals surface area contributed by atoms with Crippen LogP contribution in [0.1, 0.15) is 32.1 Å². The van der Waals surface area contributed by atoms with Gasteiger partial charge in [-0.25, -0.2) is 13.2 Å². The first-order chi connectivity index (χ1) is 7.25. The van der Waals surface area contributed by atoms with E-state index >= 15 is 0 Å². The predicted octanol–water partition coefficient (Wildman–Crippen LogP) is 1.00. The summed E-state index contributed by atoms with van der Waals surface area (Å²) in [5.74, 6) is -2.27. The molecule has 0 heterocycles. The Morgan fingerprint density at radius 2 is 1.75 bits per heavy atom. The van der Waals surface area contributed by atoms with Crippen LogP contribution in [0.15, 0.2) is 0 Å². The van der Waals surface area contributed by atoms with Crippen molar-refractivity contribution in [2.24, 2.45) is 0 Å². The minimum atomic E-state index is -6.01. The van der Waals surface area contributed by atoms with Gasteiger partial charge in [-0.15, -0.1) is 0 Å². The summed E-state index contributed by atoms with van der Waals surface area (Å²) >= 11 is 0. The second-order valence-electron chi connectivity index (χ2n) is 3.64. The Morgan fingerprint density at radius 3 is 2.19 bits per heavy atom. The molecule has 0 aromatic carbocycles. The summed E-state index contributed by atoms with van der Waals surface area (Å²) in [6, 6.07) is 0. The fraction of sp³-hybridized carbons (Fsp3) is 0.875. The van der Waals surface area contributed by atoms with Crippen LogP contribution < -0.4 is 0 Å². The molecule has 5 nitrogen and oxygen atoms in total. The van der Waals surface area contributed by atoms with Gasteiger partial charge in [-0.3, -0.25) is 0 Å². The van der Waals surface area contributed by atoms with E-state index in [1.807, 2.05) is 0 Å². The number of hydrogen-bond donors (Lipinski definition) is 0. The maximum Gasteiger partial charge on any atom is 0.428 e. The lowest BCUT2D eigenvalue weighted by Crippen LogP contribution is -2.41. The van der Waals surface area contributed by atoms with Gasteiger partial charge in [-0.05, 0) is 25.7 Å². The van der Waals surface area contributed by atoms with Crippen LogP contribution in [0.4, 0.5) is 8.78 Å². The van der Waals surface area contributed by atoms with Gasteiger partial charge in [0.25, 0.3) is 0 Å². The largest absolute Gasteiger partial charge is 0.743 e. The molecule has 1 aliphatic carbocycles. The molecule has 1 saturated carbocycles. The van der Waals surface area contributed by atoms with Gasteiger partial charge in [0, 0.05) is 0 Å². The number of ether oxygens (including phenoxy) is 1. The Hall–Kier alpha value is -0.760. The van der Waals surface area contributed by atoms with Gasteiger partial charge >= 0.3 is 11.2 Å². The third kappa shape index (κ3) is 2.88. The number of halogens is 2. The van der Waals surface area contributed by atoms with Gasteiger partial charge in [-0.1, -0.05) is 6.42 Å². The van der Waals surface area contributed by atoms with Gasteiger partial charge in [-0.2, -0.15) is 8.78 Å². The molecule has 0 unspecified atom stereocenters. The van der Waals surface area contributed by atoms with Gasteiger partial charge in [0.15, 0.2) is 10.1 Å². The highest BCUT2D eigenvalue weighted by atomic mass is 32.2. The molecule has 0 spiro atoms. The molecule has 0 radical (unpaired) electrons. The van der Waals surface area contributed by atoms with E-state index in [0.29, 0.717) is 12.8 Å². The Bertz CT molecular complexity index is 359. The molecule has 16 heavy (non-hydrogen) atoms. The van der Waals surface area contributed by atoms with Crippen molar-refractivity contribution >= 4 is 16.1 Å². The molecule has 1 rings (SSSR count). The van der Waals surface area contributed by atoms with Crippen LogP contribution in [-0.2, 0) is 19.6 Å². The molecule has 0 aromatic rings. The quantitative estimate of drug-likeness (QED) is 0.556. The van der Waals surface area contributed by atoms with Crippen LogP contribution in [0.5, 0.6) is 0 Å². The van der Waals surface area contributed by atoms with E-state index in [2.05, 4.69) is 4.74 Å². The van der Waals surface area contributed by atoms with Crippen molar-refractivity contribution in [2.75, 3.05) is 0 Å². The first-order valence-corrected chi connectivity index (χ1v) is 6.20. The zero-order valence-corrected chi connectivity index (χ0v) is 9.13. The molecule has 1 fully saturated rings. The van der Waals surface area contributed by atoms with Gasteiger partial charge < -0.3 is 9.29 Å². The molecule has 0 aliphatic heterocycles. The molecule has 8 heteroatoms. The highest BCUT2D eigenvalue weighted by Gasteiger charge is 2.49. The predicted molar refractivity (Wildman–Crippen MR) is 47.6 cm³/mol. The zero-order chi connectivity index (χ0) is 12.4. The molecule has 0 aromatic heterocycles. The smallest absolute Gasteiger partial charge is 0.428 e. The third-order valence-electron chi connectivity index (χ3n) is 2.38. The first kappa shape index (κ1) is 13.3. The lowest BCUT2D eigenvalue weighted by Gasteiger charge is -2.25. The summed E-state index contributed by atoms with van der Waals surface area (Å²) in [6.45, 7) is 0. The molecule has 0 bridgehead atoms. The molecule has 0 saturated heterocycles. The van der Waals surface area contributed by atoms with E-state index in [-0.39, 0.29) is 0 Å². The maximum absolute atomic E-state index is 12.7. The van der Waals surface area contributed by atoms with Gasteiger partial charge in [0.2, 0.25) is 0 Å². The van der Waals surface area contributed by atoms with Crippen LogP contribution >= 0.6 is 0 Å².